The number of piperazine rings is 1. The molecule has 2 aromatic heterocycles. The zero-order chi connectivity index (χ0) is 26.2. The maximum Gasteiger partial charge on any atom is 0.219 e. The van der Waals surface area contributed by atoms with Gasteiger partial charge < -0.3 is 25.1 Å². The van der Waals surface area contributed by atoms with Crippen LogP contribution in [0.1, 0.15) is 32.4 Å². The fraction of sp³-hybridized carbons (Fsp3) is 0.464. The van der Waals surface area contributed by atoms with Crippen molar-refractivity contribution in [1.29, 1.82) is 0 Å². The van der Waals surface area contributed by atoms with Crippen LogP contribution in [0.4, 0.5) is 21.6 Å². The summed E-state index contributed by atoms with van der Waals surface area (Å²) < 4.78 is 14.7. The van der Waals surface area contributed by atoms with E-state index in [4.69, 9.17) is 4.98 Å². The quantitative estimate of drug-likeness (QED) is 0.546. The topological polar surface area (TPSA) is 84.8 Å². The summed E-state index contributed by atoms with van der Waals surface area (Å²) in [5.74, 6) is 0.323. The largest absolute Gasteiger partial charge is 0.384 e. The third kappa shape index (κ3) is 5.38. The van der Waals surface area contributed by atoms with Crippen molar-refractivity contribution >= 4 is 34.0 Å². The number of pyridine rings is 2. The van der Waals surface area contributed by atoms with E-state index in [0.717, 1.165) is 37.0 Å². The van der Waals surface area contributed by atoms with Crippen LogP contribution in [0.2, 0.25) is 0 Å². The number of benzene rings is 1. The van der Waals surface area contributed by atoms with Gasteiger partial charge >= 0.3 is 0 Å². The number of likely N-dealkylation sites (tertiary alicyclic amines) is 1. The summed E-state index contributed by atoms with van der Waals surface area (Å²) in [5.41, 5.74) is 1.53. The Labute approximate surface area is 217 Å². The average molecular weight is 507 g/mol. The Morgan fingerprint density at radius 2 is 1.81 bits per heavy atom. The van der Waals surface area contributed by atoms with E-state index in [1.165, 1.54) is 6.07 Å². The number of hydrogen-bond acceptors (Lipinski definition) is 7. The van der Waals surface area contributed by atoms with E-state index in [-0.39, 0.29) is 17.6 Å². The zero-order valence-electron chi connectivity index (χ0n) is 21.7. The lowest BCUT2D eigenvalue weighted by Crippen LogP contribution is -2.48. The van der Waals surface area contributed by atoms with Gasteiger partial charge in [-0.1, -0.05) is 0 Å². The highest BCUT2D eigenvalue weighted by atomic mass is 19.1. The molecule has 1 aromatic carbocycles. The lowest BCUT2D eigenvalue weighted by molar-refractivity contribution is -0.129. The minimum absolute atomic E-state index is 0.0770. The predicted molar refractivity (Wildman–Crippen MR) is 143 cm³/mol. The summed E-state index contributed by atoms with van der Waals surface area (Å²) in [4.78, 5) is 27.1. The second-order valence-corrected chi connectivity index (χ2v) is 10.5. The molecule has 37 heavy (non-hydrogen) atoms. The lowest BCUT2D eigenvalue weighted by Gasteiger charge is -2.38. The molecule has 5 rings (SSSR count). The van der Waals surface area contributed by atoms with Crippen LogP contribution in [0, 0.1) is 11.7 Å². The normalized spacial score (nSPS) is 19.2. The molecule has 9 heteroatoms. The number of rotatable bonds is 5. The molecule has 2 N–H and O–H groups in total. The van der Waals surface area contributed by atoms with Gasteiger partial charge in [0.25, 0.3) is 0 Å². The van der Waals surface area contributed by atoms with Gasteiger partial charge in [-0.05, 0) is 76.2 Å². The van der Waals surface area contributed by atoms with Gasteiger partial charge in [0, 0.05) is 56.4 Å². The third-order valence-electron chi connectivity index (χ3n) is 7.91. The number of piperidine rings is 1. The maximum atomic E-state index is 14.7. The molecule has 2 aliphatic rings. The van der Waals surface area contributed by atoms with Gasteiger partial charge in [-0.15, -0.1) is 0 Å². The molecule has 0 aliphatic carbocycles. The number of anilines is 3. The number of nitrogens with zero attached hydrogens (tertiary/aromatic N) is 5. The number of hydrogen-bond donors (Lipinski definition) is 2. The summed E-state index contributed by atoms with van der Waals surface area (Å²) in [7, 11) is 2.10. The van der Waals surface area contributed by atoms with E-state index < -0.39 is 5.60 Å². The monoisotopic (exact) mass is 506 g/mol. The molecule has 2 aliphatic heterocycles. The van der Waals surface area contributed by atoms with Gasteiger partial charge in [0.2, 0.25) is 5.91 Å². The maximum absolute atomic E-state index is 14.7. The lowest BCUT2D eigenvalue weighted by atomic mass is 9.79. The number of fused-ring (bicyclic) bond motifs is 1. The predicted octanol–water partition coefficient (Wildman–Crippen LogP) is 3.73. The number of aromatic nitrogens is 2. The Kier molecular flexibility index (Phi) is 7.00. The van der Waals surface area contributed by atoms with Crippen molar-refractivity contribution in [2.75, 3.05) is 56.5 Å². The third-order valence-corrected chi connectivity index (χ3v) is 7.91. The Morgan fingerprint density at radius 1 is 1.08 bits per heavy atom. The highest BCUT2D eigenvalue weighted by molar-refractivity contribution is 5.81. The van der Waals surface area contributed by atoms with E-state index in [9.17, 15) is 14.3 Å². The molecule has 4 heterocycles. The molecule has 0 unspecified atom stereocenters. The second-order valence-electron chi connectivity index (χ2n) is 10.5. The first-order valence-corrected chi connectivity index (χ1v) is 13.0. The number of halogens is 1. The standard InChI is InChI=1S/C28H35FN6O2/c1-19(36)34-12-14-35(15-13-34)22-5-6-23(29)25(16-22)32-27-17-24-20(18-30-27)4-7-26(31-24)28(2,37)21-8-10-33(3)11-9-21/h4-7,16-18,21,37H,8-15H2,1-3H3,(H,30,32)/t28-/m1/s1. The van der Waals surface area contributed by atoms with E-state index in [0.29, 0.717) is 48.9 Å². The second kappa shape index (κ2) is 10.2. The van der Waals surface area contributed by atoms with E-state index in [1.54, 1.807) is 31.3 Å². The van der Waals surface area contributed by atoms with E-state index in [2.05, 4.69) is 27.1 Å². The van der Waals surface area contributed by atoms with Crippen molar-refractivity contribution in [1.82, 2.24) is 19.8 Å². The summed E-state index contributed by atoms with van der Waals surface area (Å²) in [5, 5.41) is 15.4. The Morgan fingerprint density at radius 3 is 2.51 bits per heavy atom. The summed E-state index contributed by atoms with van der Waals surface area (Å²) >= 11 is 0. The first kappa shape index (κ1) is 25.4. The van der Waals surface area contributed by atoms with Crippen molar-refractivity contribution in [2.24, 2.45) is 5.92 Å². The Hall–Kier alpha value is -3.30. The fourth-order valence-corrected chi connectivity index (χ4v) is 5.37. The van der Waals surface area contributed by atoms with Crippen LogP contribution in [0.5, 0.6) is 0 Å². The molecule has 0 bridgehead atoms. The van der Waals surface area contributed by atoms with Crippen molar-refractivity contribution < 1.29 is 14.3 Å². The molecule has 196 valence electrons. The number of carbonyl (C=O) groups is 1. The molecule has 0 saturated carbocycles. The van der Waals surface area contributed by atoms with Crippen LogP contribution in [0.3, 0.4) is 0 Å². The average Bonchev–Trinajstić information content (AvgIpc) is 2.90. The van der Waals surface area contributed by atoms with Crippen LogP contribution >= 0.6 is 0 Å². The van der Waals surface area contributed by atoms with Gasteiger partial charge in [0.05, 0.1) is 16.9 Å². The minimum atomic E-state index is -1.03. The van der Waals surface area contributed by atoms with Crippen LogP contribution in [0.15, 0.2) is 42.6 Å². The molecule has 8 nitrogen and oxygen atoms in total. The van der Waals surface area contributed by atoms with Gasteiger partial charge in [-0.25, -0.2) is 14.4 Å². The molecular formula is C28H35FN6O2. The molecule has 1 atom stereocenters. The smallest absolute Gasteiger partial charge is 0.219 e. The van der Waals surface area contributed by atoms with E-state index >= 15 is 0 Å². The van der Waals surface area contributed by atoms with Crippen molar-refractivity contribution in [2.45, 2.75) is 32.3 Å². The van der Waals surface area contributed by atoms with Crippen LogP contribution in [0.25, 0.3) is 10.9 Å². The van der Waals surface area contributed by atoms with Crippen molar-refractivity contribution in [3.63, 3.8) is 0 Å². The molecular weight excluding hydrogens is 471 g/mol. The number of carbonyl (C=O) groups excluding carboxylic acids is 1. The van der Waals surface area contributed by atoms with Crippen LogP contribution in [-0.4, -0.2) is 77.1 Å². The molecule has 0 radical (unpaired) electrons. The highest BCUT2D eigenvalue weighted by Gasteiger charge is 2.36. The highest BCUT2D eigenvalue weighted by Crippen LogP contribution is 2.36. The van der Waals surface area contributed by atoms with Crippen molar-refractivity contribution in [3.05, 3.63) is 54.1 Å². The SMILES string of the molecule is CC(=O)N1CCN(c2ccc(F)c(Nc3cc4nc([C@](C)(O)C5CCN(C)CC5)ccc4cn3)c2)CC1. The van der Waals surface area contributed by atoms with Crippen LogP contribution < -0.4 is 10.2 Å². The first-order chi connectivity index (χ1) is 17.7. The van der Waals surface area contributed by atoms with E-state index in [1.807, 2.05) is 24.0 Å². The molecule has 0 spiro atoms. The Bertz CT molecular complexity index is 1280. The molecule has 1 amide bonds. The minimum Gasteiger partial charge on any atom is -0.384 e. The van der Waals surface area contributed by atoms with Gasteiger partial charge in [-0.3, -0.25) is 4.79 Å². The summed E-state index contributed by atoms with van der Waals surface area (Å²) in [6.45, 7) is 8.06. The van der Waals surface area contributed by atoms with Crippen molar-refractivity contribution in [3.8, 4) is 0 Å². The Balaban J connectivity index is 1.35. The number of amides is 1. The fourth-order valence-electron chi connectivity index (χ4n) is 5.37. The zero-order valence-corrected chi connectivity index (χ0v) is 21.7. The molecule has 2 fully saturated rings. The van der Waals surface area contributed by atoms with Gasteiger partial charge in [-0.2, -0.15) is 0 Å². The number of nitrogens with one attached hydrogen (secondary N) is 1. The molecule has 3 aromatic rings. The number of aliphatic hydroxyl groups is 1. The summed E-state index contributed by atoms with van der Waals surface area (Å²) in [6.07, 6.45) is 3.55. The van der Waals surface area contributed by atoms with Gasteiger partial charge in [0.1, 0.15) is 17.2 Å². The van der Waals surface area contributed by atoms with Gasteiger partial charge in [0.15, 0.2) is 0 Å². The first-order valence-electron chi connectivity index (χ1n) is 13.0. The summed E-state index contributed by atoms with van der Waals surface area (Å²) in [6, 6.07) is 10.6. The molecule has 2 saturated heterocycles. The van der Waals surface area contributed by atoms with Crippen LogP contribution in [-0.2, 0) is 10.4 Å².